The van der Waals surface area contributed by atoms with Crippen molar-refractivity contribution in [3.05, 3.63) is 230 Å². The second-order valence-corrected chi connectivity index (χ2v) is 15.5. The molecule has 1 aliphatic rings. The molecule has 10 aromatic rings. The highest BCUT2D eigenvalue weighted by Crippen LogP contribution is 2.49. The molecule has 0 heterocycles. The third-order valence-electron chi connectivity index (χ3n) is 12.0. The Labute approximate surface area is 345 Å². The lowest BCUT2D eigenvalue weighted by atomic mass is 9.80. The summed E-state index contributed by atoms with van der Waals surface area (Å²) in [5.41, 5.74) is 13.3. The molecule has 0 aromatic heterocycles. The molecule has 0 aliphatic heterocycles. The summed E-state index contributed by atoms with van der Waals surface area (Å²) in [6.07, 6.45) is 9.20. The molecule has 0 N–H and O–H groups in total. The Hall–Kier alpha value is -7.48. The van der Waals surface area contributed by atoms with E-state index in [-0.39, 0.29) is 0 Å². The van der Waals surface area contributed by atoms with Gasteiger partial charge < -0.3 is 4.90 Å². The lowest BCUT2D eigenvalue weighted by Crippen LogP contribution is -2.09. The fraction of sp³-hybridized carbons (Fsp3) is 0.0345. The van der Waals surface area contributed by atoms with Gasteiger partial charge in [-0.3, -0.25) is 0 Å². The van der Waals surface area contributed by atoms with Gasteiger partial charge in [-0.05, 0) is 149 Å². The average molecular weight is 752 g/mol. The van der Waals surface area contributed by atoms with Crippen LogP contribution in [0.4, 0.5) is 17.1 Å². The second kappa shape index (κ2) is 14.8. The van der Waals surface area contributed by atoms with Crippen molar-refractivity contribution in [2.45, 2.75) is 12.8 Å². The molecule has 0 saturated carbocycles. The van der Waals surface area contributed by atoms with Gasteiger partial charge in [-0.15, -0.1) is 0 Å². The summed E-state index contributed by atoms with van der Waals surface area (Å²) in [7, 11) is 0. The Morgan fingerprint density at radius 3 is 1.64 bits per heavy atom. The van der Waals surface area contributed by atoms with Crippen LogP contribution in [0.2, 0.25) is 0 Å². The number of hydrogen-bond acceptors (Lipinski definition) is 1. The van der Waals surface area contributed by atoms with E-state index in [2.05, 4.69) is 229 Å². The van der Waals surface area contributed by atoms with Crippen LogP contribution in [0.5, 0.6) is 0 Å². The van der Waals surface area contributed by atoms with Crippen molar-refractivity contribution in [2.24, 2.45) is 0 Å². The van der Waals surface area contributed by atoms with Crippen molar-refractivity contribution in [1.82, 2.24) is 0 Å². The summed E-state index contributed by atoms with van der Waals surface area (Å²) in [4.78, 5) is 2.33. The zero-order chi connectivity index (χ0) is 39.1. The number of hydrogen-bond donors (Lipinski definition) is 0. The predicted octanol–water partition coefficient (Wildman–Crippen LogP) is 16.5. The number of para-hydroxylation sites is 2. The predicted molar refractivity (Wildman–Crippen MR) is 254 cm³/mol. The van der Waals surface area contributed by atoms with Gasteiger partial charge in [0.05, 0.1) is 0 Å². The molecule has 0 radical (unpaired) electrons. The van der Waals surface area contributed by atoms with Crippen LogP contribution in [0.25, 0.3) is 82.0 Å². The Kier molecular flexibility index (Phi) is 8.71. The topological polar surface area (TPSA) is 3.24 Å². The molecule has 0 saturated heterocycles. The van der Waals surface area contributed by atoms with E-state index in [4.69, 9.17) is 0 Å². The number of benzene rings is 10. The minimum Gasteiger partial charge on any atom is -0.311 e. The number of fused-ring (bicyclic) bond motifs is 7. The van der Waals surface area contributed by atoms with Crippen LogP contribution in [0.1, 0.15) is 18.4 Å². The zero-order valence-corrected chi connectivity index (χ0v) is 32.7. The molecule has 278 valence electrons. The molecule has 1 aliphatic carbocycles. The van der Waals surface area contributed by atoms with Crippen LogP contribution < -0.4 is 4.90 Å². The molecule has 0 spiro atoms. The van der Waals surface area contributed by atoms with Gasteiger partial charge in [-0.25, -0.2) is 0 Å². The molecule has 1 nitrogen and oxygen atoms in total. The maximum Gasteiger partial charge on any atom is 0.0462 e. The third kappa shape index (κ3) is 6.11. The van der Waals surface area contributed by atoms with E-state index < -0.39 is 0 Å². The largest absolute Gasteiger partial charge is 0.311 e. The van der Waals surface area contributed by atoms with Crippen LogP contribution in [0, 0.1) is 0 Å². The van der Waals surface area contributed by atoms with E-state index in [1.54, 1.807) is 0 Å². The number of allylic oxidation sites excluding steroid dienone is 4. The van der Waals surface area contributed by atoms with E-state index >= 15 is 0 Å². The first-order chi connectivity index (χ1) is 29.3. The summed E-state index contributed by atoms with van der Waals surface area (Å²) >= 11 is 0. The van der Waals surface area contributed by atoms with Crippen molar-refractivity contribution in [3.63, 3.8) is 0 Å². The van der Waals surface area contributed by atoms with E-state index in [1.165, 1.54) is 87.6 Å². The van der Waals surface area contributed by atoms with Gasteiger partial charge in [0.25, 0.3) is 0 Å². The van der Waals surface area contributed by atoms with Gasteiger partial charge in [0.15, 0.2) is 0 Å². The number of anilines is 3. The molecular weight excluding hydrogens is 711 g/mol. The molecular formula is C58H41N. The maximum atomic E-state index is 2.49. The van der Waals surface area contributed by atoms with Crippen molar-refractivity contribution in [3.8, 4) is 33.4 Å². The van der Waals surface area contributed by atoms with Crippen LogP contribution in [0.15, 0.2) is 224 Å². The standard InChI is InChI=1S/C58H41N/c1-5-18-41(19-6-1)53-39-54(42-32-35-47(36-33-42)59(45-24-9-3-10-25-45)46-26-11-4-12-27-46)57-52-37-34-44(49-31-17-23-40-20-13-14-28-48(40)49)38-55(52)50-29-15-16-30-51(50)58(57)56(53)43-21-7-2-8-22-43/h2-5,7-39H,1,6H2. The van der Waals surface area contributed by atoms with E-state index in [0.717, 1.165) is 29.9 Å². The average Bonchev–Trinajstić information content (AvgIpc) is 3.32. The highest BCUT2D eigenvalue weighted by Gasteiger charge is 2.23. The smallest absolute Gasteiger partial charge is 0.0462 e. The lowest BCUT2D eigenvalue weighted by molar-refractivity contribution is 1.04. The first kappa shape index (κ1) is 34.7. The summed E-state index contributed by atoms with van der Waals surface area (Å²) in [6, 6.07) is 75.6. The van der Waals surface area contributed by atoms with Crippen LogP contribution in [0.3, 0.4) is 0 Å². The number of nitrogens with zero attached hydrogens (tertiary/aromatic N) is 1. The Morgan fingerprint density at radius 2 is 0.932 bits per heavy atom. The van der Waals surface area contributed by atoms with Crippen molar-refractivity contribution >= 4 is 65.7 Å². The highest BCUT2D eigenvalue weighted by atomic mass is 15.1. The molecule has 0 amide bonds. The van der Waals surface area contributed by atoms with Crippen molar-refractivity contribution < 1.29 is 0 Å². The Balaban J connectivity index is 1.23. The van der Waals surface area contributed by atoms with Crippen molar-refractivity contribution in [1.29, 1.82) is 0 Å². The van der Waals surface area contributed by atoms with Gasteiger partial charge in [0.2, 0.25) is 0 Å². The SMILES string of the molecule is C1=CC(c2cc(-c3ccc(N(c4ccccc4)c4ccccc4)cc3)c3c4ccc(-c5cccc6ccccc56)cc4c4ccccc4c3c2-c2ccccc2)=CCC1. The molecule has 0 unspecified atom stereocenters. The molecule has 1 heteroatoms. The monoisotopic (exact) mass is 751 g/mol. The van der Waals surface area contributed by atoms with Gasteiger partial charge in [-0.2, -0.15) is 0 Å². The Morgan fingerprint density at radius 1 is 0.339 bits per heavy atom. The van der Waals surface area contributed by atoms with Gasteiger partial charge in [-0.1, -0.05) is 176 Å². The third-order valence-corrected chi connectivity index (χ3v) is 12.0. The molecule has 0 fully saturated rings. The second-order valence-electron chi connectivity index (χ2n) is 15.5. The lowest BCUT2D eigenvalue weighted by Gasteiger charge is -2.26. The molecule has 59 heavy (non-hydrogen) atoms. The normalized spacial score (nSPS) is 12.6. The van der Waals surface area contributed by atoms with Crippen LogP contribution in [-0.4, -0.2) is 0 Å². The van der Waals surface area contributed by atoms with Crippen LogP contribution >= 0.6 is 0 Å². The molecule has 10 aromatic carbocycles. The zero-order valence-electron chi connectivity index (χ0n) is 32.7. The summed E-state index contributed by atoms with van der Waals surface area (Å²) in [5.74, 6) is 0. The minimum absolute atomic E-state index is 1.03. The first-order valence-corrected chi connectivity index (χ1v) is 20.7. The maximum absolute atomic E-state index is 2.49. The van der Waals surface area contributed by atoms with Crippen molar-refractivity contribution in [2.75, 3.05) is 4.90 Å². The van der Waals surface area contributed by atoms with Gasteiger partial charge in [0, 0.05) is 17.1 Å². The minimum atomic E-state index is 1.03. The van der Waals surface area contributed by atoms with Gasteiger partial charge in [0.1, 0.15) is 0 Å². The fourth-order valence-electron chi connectivity index (χ4n) is 9.36. The first-order valence-electron chi connectivity index (χ1n) is 20.7. The van der Waals surface area contributed by atoms with Crippen LogP contribution in [-0.2, 0) is 0 Å². The van der Waals surface area contributed by atoms with E-state index in [9.17, 15) is 0 Å². The summed E-state index contributed by atoms with van der Waals surface area (Å²) in [5, 5.41) is 10.2. The number of rotatable bonds is 7. The molecule has 0 bridgehead atoms. The van der Waals surface area contributed by atoms with E-state index in [0.29, 0.717) is 0 Å². The quantitative estimate of drug-likeness (QED) is 0.147. The molecule has 11 rings (SSSR count). The van der Waals surface area contributed by atoms with Gasteiger partial charge >= 0.3 is 0 Å². The van der Waals surface area contributed by atoms with E-state index in [1.807, 2.05) is 0 Å². The fourth-order valence-corrected chi connectivity index (χ4v) is 9.36. The highest BCUT2D eigenvalue weighted by molar-refractivity contribution is 6.33. The summed E-state index contributed by atoms with van der Waals surface area (Å²) < 4.78 is 0. The molecule has 0 atom stereocenters. The Bertz CT molecular complexity index is 3190. The summed E-state index contributed by atoms with van der Waals surface area (Å²) in [6.45, 7) is 0.